The molecule has 0 spiro atoms. The van der Waals surface area contributed by atoms with E-state index in [1.807, 2.05) is 31.2 Å². The van der Waals surface area contributed by atoms with Crippen LogP contribution in [-0.4, -0.2) is 12.6 Å². The largest absolute Gasteiger partial charge is 0.466 e. The number of esters is 1. The van der Waals surface area contributed by atoms with Crippen LogP contribution in [0.15, 0.2) is 24.3 Å². The Hall–Kier alpha value is -1.06. The molecule has 0 fully saturated rings. The second-order valence-electron chi connectivity index (χ2n) is 3.53. The van der Waals surface area contributed by atoms with Crippen molar-refractivity contribution in [1.29, 1.82) is 0 Å². The van der Waals surface area contributed by atoms with Crippen molar-refractivity contribution in [1.82, 2.24) is 0 Å². The minimum absolute atomic E-state index is 0. The first-order chi connectivity index (χ1) is 7.13. The van der Waals surface area contributed by atoms with Gasteiger partial charge in [0.1, 0.15) is 0 Å². The van der Waals surface area contributed by atoms with Gasteiger partial charge in [-0.15, -0.1) is 12.4 Å². The third-order valence-electron chi connectivity index (χ3n) is 2.20. The second-order valence-corrected chi connectivity index (χ2v) is 3.53. The molecule has 16 heavy (non-hydrogen) atoms. The normalized spacial score (nSPS) is 11.4. The fourth-order valence-corrected chi connectivity index (χ4v) is 1.33. The smallest absolute Gasteiger partial charge is 0.307 e. The second kappa shape index (κ2) is 7.25. The number of rotatable bonds is 4. The van der Waals surface area contributed by atoms with E-state index in [4.69, 9.17) is 10.5 Å². The van der Waals surface area contributed by atoms with Gasteiger partial charge in [-0.1, -0.05) is 29.8 Å². The summed E-state index contributed by atoms with van der Waals surface area (Å²) >= 11 is 0. The highest BCUT2D eigenvalue weighted by atomic mass is 35.5. The van der Waals surface area contributed by atoms with Gasteiger partial charge in [-0.3, -0.25) is 4.79 Å². The molecule has 0 bridgehead atoms. The number of hydrogen-bond acceptors (Lipinski definition) is 3. The lowest BCUT2D eigenvalue weighted by Gasteiger charge is -2.11. The van der Waals surface area contributed by atoms with Crippen molar-refractivity contribution in [3.05, 3.63) is 35.4 Å². The van der Waals surface area contributed by atoms with Crippen LogP contribution in [0.5, 0.6) is 0 Å². The molecule has 0 aliphatic rings. The standard InChI is InChI=1S/C12H17NO2.ClH/c1-3-15-12(14)8-11(13)10-6-4-9(2)5-7-10;/h4-7,11H,3,8,13H2,1-2H3;1H/t11-;/m1./s1. The monoisotopic (exact) mass is 243 g/mol. The van der Waals surface area contributed by atoms with Crippen molar-refractivity contribution in [2.24, 2.45) is 5.73 Å². The molecule has 90 valence electrons. The number of carbonyl (C=O) groups is 1. The minimum atomic E-state index is -0.273. The van der Waals surface area contributed by atoms with Gasteiger partial charge in [-0.2, -0.15) is 0 Å². The number of halogens is 1. The SMILES string of the molecule is CCOC(=O)C[C@@H](N)c1ccc(C)cc1.Cl. The topological polar surface area (TPSA) is 52.3 Å². The Kier molecular flexibility index (Phi) is 6.77. The van der Waals surface area contributed by atoms with Crippen LogP contribution in [0.1, 0.15) is 30.5 Å². The molecule has 2 N–H and O–H groups in total. The highest BCUT2D eigenvalue weighted by Gasteiger charge is 2.11. The zero-order valence-electron chi connectivity index (χ0n) is 9.60. The van der Waals surface area contributed by atoms with Crippen LogP contribution < -0.4 is 5.73 Å². The summed E-state index contributed by atoms with van der Waals surface area (Å²) in [4.78, 5) is 11.2. The van der Waals surface area contributed by atoms with Crippen molar-refractivity contribution in [2.45, 2.75) is 26.3 Å². The van der Waals surface area contributed by atoms with E-state index in [0.29, 0.717) is 6.61 Å². The van der Waals surface area contributed by atoms with E-state index in [2.05, 4.69) is 0 Å². The number of hydrogen-bond donors (Lipinski definition) is 1. The summed E-state index contributed by atoms with van der Waals surface area (Å²) in [5, 5.41) is 0. The van der Waals surface area contributed by atoms with Crippen LogP contribution in [0.4, 0.5) is 0 Å². The van der Waals surface area contributed by atoms with E-state index in [-0.39, 0.29) is 30.8 Å². The maximum atomic E-state index is 11.2. The van der Waals surface area contributed by atoms with Crippen molar-refractivity contribution in [3.8, 4) is 0 Å². The molecule has 3 nitrogen and oxygen atoms in total. The molecule has 0 saturated carbocycles. The van der Waals surface area contributed by atoms with Gasteiger partial charge < -0.3 is 10.5 Å². The lowest BCUT2D eigenvalue weighted by atomic mass is 10.0. The van der Waals surface area contributed by atoms with Crippen LogP contribution in [0.2, 0.25) is 0 Å². The number of carbonyl (C=O) groups excluding carboxylic acids is 1. The fourth-order valence-electron chi connectivity index (χ4n) is 1.33. The first kappa shape index (κ1) is 14.9. The number of ether oxygens (including phenoxy) is 1. The summed E-state index contributed by atoms with van der Waals surface area (Å²) in [6.45, 7) is 4.20. The molecule has 1 aromatic carbocycles. The number of aryl methyl sites for hydroxylation is 1. The van der Waals surface area contributed by atoms with Gasteiger partial charge in [0.2, 0.25) is 0 Å². The Morgan fingerprint density at radius 3 is 2.44 bits per heavy atom. The maximum Gasteiger partial charge on any atom is 0.307 e. The zero-order valence-corrected chi connectivity index (χ0v) is 10.4. The third kappa shape index (κ3) is 4.64. The molecule has 1 aromatic rings. The van der Waals surface area contributed by atoms with Crippen molar-refractivity contribution in [3.63, 3.8) is 0 Å². The van der Waals surface area contributed by atoms with Crippen molar-refractivity contribution in [2.75, 3.05) is 6.61 Å². The summed E-state index contributed by atoms with van der Waals surface area (Å²) < 4.78 is 4.84. The Bertz CT molecular complexity index is 324. The molecular formula is C12H18ClNO2. The predicted octanol–water partition coefficient (Wildman–Crippen LogP) is 2.37. The summed E-state index contributed by atoms with van der Waals surface area (Å²) in [6.07, 6.45) is 0.233. The fraction of sp³-hybridized carbons (Fsp3) is 0.417. The van der Waals surface area contributed by atoms with Crippen LogP contribution in [0, 0.1) is 6.92 Å². The molecule has 0 amide bonds. The Balaban J connectivity index is 0.00000225. The first-order valence-corrected chi connectivity index (χ1v) is 5.11. The first-order valence-electron chi connectivity index (χ1n) is 5.11. The van der Waals surface area contributed by atoms with E-state index in [0.717, 1.165) is 5.56 Å². The lowest BCUT2D eigenvalue weighted by molar-refractivity contribution is -0.143. The Labute approximate surface area is 102 Å². The molecule has 4 heteroatoms. The van der Waals surface area contributed by atoms with Crippen LogP contribution in [-0.2, 0) is 9.53 Å². The molecule has 0 heterocycles. The van der Waals surface area contributed by atoms with Gasteiger partial charge in [-0.25, -0.2) is 0 Å². The van der Waals surface area contributed by atoms with E-state index in [1.165, 1.54) is 5.56 Å². The summed E-state index contributed by atoms with van der Waals surface area (Å²) in [6, 6.07) is 7.59. The molecule has 1 atom stereocenters. The molecule has 0 aliphatic carbocycles. The van der Waals surface area contributed by atoms with Gasteiger partial charge in [0.25, 0.3) is 0 Å². The highest BCUT2D eigenvalue weighted by molar-refractivity contribution is 5.85. The van der Waals surface area contributed by atoms with E-state index < -0.39 is 0 Å². The van der Waals surface area contributed by atoms with E-state index in [1.54, 1.807) is 6.92 Å². The molecule has 0 radical (unpaired) electrons. The average molecular weight is 244 g/mol. The van der Waals surface area contributed by atoms with Gasteiger partial charge in [0, 0.05) is 6.04 Å². The molecule has 0 saturated heterocycles. The van der Waals surface area contributed by atoms with Gasteiger partial charge >= 0.3 is 5.97 Å². The Morgan fingerprint density at radius 1 is 1.38 bits per heavy atom. The quantitative estimate of drug-likeness (QED) is 0.826. The zero-order chi connectivity index (χ0) is 11.3. The van der Waals surface area contributed by atoms with E-state index >= 15 is 0 Å². The molecular weight excluding hydrogens is 226 g/mol. The van der Waals surface area contributed by atoms with Crippen LogP contribution in [0.3, 0.4) is 0 Å². The number of nitrogens with two attached hydrogens (primary N) is 1. The molecule has 0 aromatic heterocycles. The Morgan fingerprint density at radius 2 is 1.94 bits per heavy atom. The van der Waals surface area contributed by atoms with Crippen LogP contribution >= 0.6 is 12.4 Å². The molecule has 0 unspecified atom stereocenters. The summed E-state index contributed by atoms with van der Waals surface area (Å²) in [5.74, 6) is -0.245. The van der Waals surface area contributed by atoms with Crippen molar-refractivity contribution < 1.29 is 9.53 Å². The predicted molar refractivity (Wildman–Crippen MR) is 66.6 cm³/mol. The van der Waals surface area contributed by atoms with E-state index in [9.17, 15) is 4.79 Å². The highest BCUT2D eigenvalue weighted by Crippen LogP contribution is 2.15. The minimum Gasteiger partial charge on any atom is -0.466 e. The molecule has 1 rings (SSSR count). The summed E-state index contributed by atoms with van der Waals surface area (Å²) in [5.41, 5.74) is 8.02. The number of benzene rings is 1. The van der Waals surface area contributed by atoms with Gasteiger partial charge in [-0.05, 0) is 19.4 Å². The maximum absolute atomic E-state index is 11.2. The summed E-state index contributed by atoms with van der Waals surface area (Å²) in [7, 11) is 0. The third-order valence-corrected chi connectivity index (χ3v) is 2.20. The average Bonchev–Trinajstić information content (AvgIpc) is 2.18. The van der Waals surface area contributed by atoms with Gasteiger partial charge in [0.05, 0.1) is 13.0 Å². The molecule has 0 aliphatic heterocycles. The van der Waals surface area contributed by atoms with Crippen molar-refractivity contribution >= 4 is 18.4 Å². The van der Waals surface area contributed by atoms with Crippen LogP contribution in [0.25, 0.3) is 0 Å². The van der Waals surface area contributed by atoms with Gasteiger partial charge in [0.15, 0.2) is 0 Å². The lowest BCUT2D eigenvalue weighted by Crippen LogP contribution is -2.17.